The average Bonchev–Trinajstić information content (AvgIpc) is 3.08. The van der Waals surface area contributed by atoms with Crippen LogP contribution >= 0.6 is 11.3 Å². The summed E-state index contributed by atoms with van der Waals surface area (Å²) < 4.78 is 6.60. The number of hydrogen-bond acceptors (Lipinski definition) is 7. The van der Waals surface area contributed by atoms with Gasteiger partial charge in [-0.15, -0.1) is 11.3 Å². The van der Waals surface area contributed by atoms with E-state index >= 15 is 0 Å². The number of rotatable bonds is 8. The molecule has 1 N–H and O–H groups in total. The Labute approximate surface area is 144 Å². The van der Waals surface area contributed by atoms with Gasteiger partial charge in [-0.2, -0.15) is 5.10 Å². The summed E-state index contributed by atoms with van der Waals surface area (Å²) in [6.45, 7) is 2.97. The zero-order valence-electron chi connectivity index (χ0n) is 14.0. The van der Waals surface area contributed by atoms with Gasteiger partial charge in [0.15, 0.2) is 5.13 Å². The van der Waals surface area contributed by atoms with Crippen LogP contribution in [0.25, 0.3) is 0 Å². The number of hydrogen-bond donors (Lipinski definition) is 1. The summed E-state index contributed by atoms with van der Waals surface area (Å²) >= 11 is 1.29. The van der Waals surface area contributed by atoms with Crippen molar-refractivity contribution >= 4 is 28.3 Å². The van der Waals surface area contributed by atoms with Gasteiger partial charge >= 0.3 is 5.97 Å². The molecule has 0 spiro atoms. The fraction of sp³-hybridized carbons (Fsp3) is 0.467. The highest BCUT2D eigenvalue weighted by Crippen LogP contribution is 2.16. The first-order chi connectivity index (χ1) is 11.5. The average molecular weight is 351 g/mol. The summed E-state index contributed by atoms with van der Waals surface area (Å²) in [6, 6.07) is 0. The van der Waals surface area contributed by atoms with Crippen LogP contribution in [-0.4, -0.2) is 51.7 Å². The second-order valence-corrected chi connectivity index (χ2v) is 6.23. The molecule has 0 aliphatic rings. The molecule has 2 aromatic rings. The van der Waals surface area contributed by atoms with Crippen LogP contribution in [0.1, 0.15) is 18.2 Å². The molecule has 0 radical (unpaired) electrons. The maximum atomic E-state index is 12.1. The minimum atomic E-state index is -0.322. The van der Waals surface area contributed by atoms with Crippen LogP contribution in [0, 0.1) is 0 Å². The third-order valence-electron chi connectivity index (χ3n) is 3.05. The molecule has 0 atom stereocenters. The second-order valence-electron chi connectivity index (χ2n) is 5.37. The Morgan fingerprint density at radius 1 is 1.46 bits per heavy atom. The number of anilines is 1. The van der Waals surface area contributed by atoms with E-state index in [4.69, 9.17) is 4.74 Å². The summed E-state index contributed by atoms with van der Waals surface area (Å²) in [5, 5.41) is 9.07. The first-order valence-electron chi connectivity index (χ1n) is 7.52. The van der Waals surface area contributed by atoms with Gasteiger partial charge in [-0.1, -0.05) is 0 Å². The number of nitrogens with zero attached hydrogens (tertiary/aromatic N) is 4. The van der Waals surface area contributed by atoms with Crippen LogP contribution in [0.5, 0.6) is 0 Å². The Balaban J connectivity index is 1.79. The molecule has 2 aromatic heterocycles. The molecule has 8 nitrogen and oxygen atoms in total. The highest BCUT2D eigenvalue weighted by Gasteiger charge is 2.12. The van der Waals surface area contributed by atoms with Gasteiger partial charge in [0, 0.05) is 30.7 Å². The minimum Gasteiger partial charge on any atom is -0.466 e. The number of aromatic nitrogens is 3. The lowest BCUT2D eigenvalue weighted by Gasteiger charge is -2.14. The zero-order valence-corrected chi connectivity index (χ0v) is 14.8. The topological polar surface area (TPSA) is 89.4 Å². The van der Waals surface area contributed by atoms with Crippen molar-refractivity contribution in [3.63, 3.8) is 0 Å². The molecule has 24 heavy (non-hydrogen) atoms. The molecule has 1 amide bonds. The van der Waals surface area contributed by atoms with Gasteiger partial charge in [-0.05, 0) is 14.0 Å². The van der Waals surface area contributed by atoms with Crippen molar-refractivity contribution < 1.29 is 14.3 Å². The largest absolute Gasteiger partial charge is 0.466 e. The molecule has 0 bridgehead atoms. The van der Waals surface area contributed by atoms with Crippen molar-refractivity contribution in [1.82, 2.24) is 19.7 Å². The molecule has 0 aliphatic carbocycles. The molecule has 0 unspecified atom stereocenters. The van der Waals surface area contributed by atoms with Gasteiger partial charge in [-0.3, -0.25) is 19.2 Å². The highest BCUT2D eigenvalue weighted by atomic mass is 32.1. The number of carbonyl (C=O) groups is 2. The van der Waals surface area contributed by atoms with Crippen molar-refractivity contribution in [2.75, 3.05) is 25.5 Å². The molecule has 0 saturated carbocycles. The fourth-order valence-electron chi connectivity index (χ4n) is 2.13. The standard InChI is InChI=1S/C15H21N5O3S/c1-4-23-14(22)5-12-10-24-15(17-12)18-13(21)9-19(2)7-11-6-16-20(3)8-11/h6,8,10H,4-5,7,9H2,1-3H3,(H,17,18,21). The van der Waals surface area contributed by atoms with Crippen LogP contribution in [0.15, 0.2) is 17.8 Å². The third-order valence-corrected chi connectivity index (χ3v) is 3.86. The highest BCUT2D eigenvalue weighted by molar-refractivity contribution is 7.13. The lowest BCUT2D eigenvalue weighted by Crippen LogP contribution is -2.29. The number of esters is 1. The quantitative estimate of drug-likeness (QED) is 0.715. The first-order valence-corrected chi connectivity index (χ1v) is 8.40. The van der Waals surface area contributed by atoms with Gasteiger partial charge < -0.3 is 10.1 Å². The molecule has 2 heterocycles. The number of nitrogens with one attached hydrogen (secondary N) is 1. The van der Waals surface area contributed by atoms with Crippen molar-refractivity contribution in [2.24, 2.45) is 7.05 Å². The lowest BCUT2D eigenvalue weighted by atomic mass is 10.3. The summed E-state index contributed by atoms with van der Waals surface area (Å²) in [6.07, 6.45) is 3.80. The number of amides is 1. The first kappa shape index (κ1) is 18.1. The number of carbonyl (C=O) groups excluding carboxylic acids is 2. The minimum absolute atomic E-state index is 0.112. The Morgan fingerprint density at radius 3 is 2.92 bits per heavy atom. The normalized spacial score (nSPS) is 10.8. The van der Waals surface area contributed by atoms with Gasteiger partial charge in [0.1, 0.15) is 0 Å². The Morgan fingerprint density at radius 2 is 2.25 bits per heavy atom. The Hall–Kier alpha value is -2.26. The van der Waals surface area contributed by atoms with Gasteiger partial charge in [0.25, 0.3) is 0 Å². The predicted molar refractivity (Wildman–Crippen MR) is 90.6 cm³/mol. The lowest BCUT2D eigenvalue weighted by molar-refractivity contribution is -0.142. The van der Waals surface area contributed by atoms with Crippen molar-refractivity contribution in [3.05, 3.63) is 29.0 Å². The van der Waals surface area contributed by atoms with Crippen LogP contribution in [0.4, 0.5) is 5.13 Å². The van der Waals surface area contributed by atoms with E-state index < -0.39 is 0 Å². The van der Waals surface area contributed by atoms with Crippen molar-refractivity contribution in [2.45, 2.75) is 19.9 Å². The Bertz CT molecular complexity index is 697. The fourth-order valence-corrected chi connectivity index (χ4v) is 2.86. The van der Waals surface area contributed by atoms with Crippen LogP contribution in [0.3, 0.4) is 0 Å². The third kappa shape index (κ3) is 5.74. The molecular weight excluding hydrogens is 330 g/mol. The van der Waals surface area contributed by atoms with E-state index in [-0.39, 0.29) is 24.8 Å². The van der Waals surface area contributed by atoms with Gasteiger partial charge in [-0.25, -0.2) is 4.98 Å². The van der Waals surface area contributed by atoms with E-state index in [0.717, 1.165) is 5.56 Å². The molecule has 0 aromatic carbocycles. The second kappa shape index (κ2) is 8.55. The number of ether oxygens (including phenoxy) is 1. The van der Waals surface area contributed by atoms with Crippen LogP contribution in [0.2, 0.25) is 0 Å². The summed E-state index contributed by atoms with van der Waals surface area (Å²) in [5.41, 5.74) is 1.64. The van der Waals surface area contributed by atoms with Crippen LogP contribution in [-0.2, 0) is 34.3 Å². The zero-order chi connectivity index (χ0) is 17.5. The Kier molecular flexibility index (Phi) is 6.44. The van der Waals surface area contributed by atoms with Crippen molar-refractivity contribution in [1.29, 1.82) is 0 Å². The van der Waals surface area contributed by atoms with E-state index in [0.29, 0.717) is 24.0 Å². The van der Waals surface area contributed by atoms with Crippen molar-refractivity contribution in [3.8, 4) is 0 Å². The van der Waals surface area contributed by atoms with E-state index in [1.807, 2.05) is 25.2 Å². The molecule has 0 aliphatic heterocycles. The monoisotopic (exact) mass is 351 g/mol. The molecule has 0 fully saturated rings. The molecule has 0 saturated heterocycles. The maximum absolute atomic E-state index is 12.1. The molecule has 2 rings (SSSR count). The maximum Gasteiger partial charge on any atom is 0.311 e. The number of thiazole rings is 1. The van der Waals surface area contributed by atoms with Gasteiger partial charge in [0.05, 0.1) is 31.5 Å². The summed E-state index contributed by atoms with van der Waals surface area (Å²) in [4.78, 5) is 29.6. The van der Waals surface area contributed by atoms with E-state index in [1.54, 1.807) is 23.2 Å². The molecule has 9 heteroatoms. The SMILES string of the molecule is CCOC(=O)Cc1csc(NC(=O)CN(C)Cc2cnn(C)c2)n1. The van der Waals surface area contributed by atoms with E-state index in [9.17, 15) is 9.59 Å². The summed E-state index contributed by atoms with van der Waals surface area (Å²) in [7, 11) is 3.72. The molecule has 130 valence electrons. The molecular formula is C15H21N5O3S. The summed E-state index contributed by atoms with van der Waals surface area (Å²) in [5.74, 6) is -0.477. The van der Waals surface area contributed by atoms with E-state index in [1.165, 1.54) is 11.3 Å². The smallest absolute Gasteiger partial charge is 0.311 e. The van der Waals surface area contributed by atoms with Gasteiger partial charge in [0.2, 0.25) is 5.91 Å². The predicted octanol–water partition coefficient (Wildman–Crippen LogP) is 1.05. The number of likely N-dealkylation sites (N-methyl/N-ethyl adjacent to an activating group) is 1. The van der Waals surface area contributed by atoms with Crippen LogP contribution < -0.4 is 5.32 Å². The van der Waals surface area contributed by atoms with E-state index in [2.05, 4.69) is 15.4 Å². The number of aryl methyl sites for hydroxylation is 1.